The van der Waals surface area contributed by atoms with Crippen LogP contribution in [0.15, 0.2) is 42.5 Å². The number of benzene rings is 2. The largest absolute Gasteiger partial charge is 0.297 e. The lowest BCUT2D eigenvalue weighted by Gasteiger charge is -2.26. The number of hydrogen-bond donors (Lipinski definition) is 0. The van der Waals surface area contributed by atoms with Crippen LogP contribution in [0.3, 0.4) is 0 Å². The van der Waals surface area contributed by atoms with Crippen molar-refractivity contribution in [2.24, 2.45) is 0 Å². The topological polar surface area (TPSA) is 3.24 Å². The van der Waals surface area contributed by atoms with Gasteiger partial charge in [-0.25, -0.2) is 0 Å². The van der Waals surface area contributed by atoms with E-state index in [9.17, 15) is 0 Å². The van der Waals surface area contributed by atoms with Gasteiger partial charge < -0.3 is 0 Å². The normalized spacial score (nSPS) is 11.6. The van der Waals surface area contributed by atoms with E-state index in [2.05, 4.69) is 61.2 Å². The summed E-state index contributed by atoms with van der Waals surface area (Å²) in [6, 6.07) is 15.7. The predicted molar refractivity (Wildman–Crippen MR) is 84.8 cm³/mol. The third kappa shape index (κ3) is 3.71. The van der Waals surface area contributed by atoms with E-state index in [-0.39, 0.29) is 0 Å². The SMILES string of the molecule is CC(C)N(CCCCl)Cc1cccc2ccccc12. The van der Waals surface area contributed by atoms with E-state index in [4.69, 9.17) is 11.6 Å². The predicted octanol–water partition coefficient (Wildman–Crippen LogP) is 4.68. The van der Waals surface area contributed by atoms with Crippen LogP contribution in [0, 0.1) is 0 Å². The third-order valence-electron chi connectivity index (χ3n) is 3.56. The molecule has 0 heterocycles. The molecule has 0 fully saturated rings. The minimum Gasteiger partial charge on any atom is -0.297 e. The first kappa shape index (κ1) is 14.4. The van der Waals surface area contributed by atoms with E-state index in [1.54, 1.807) is 0 Å². The second kappa shape index (κ2) is 6.93. The van der Waals surface area contributed by atoms with Gasteiger partial charge in [-0.3, -0.25) is 4.90 Å². The van der Waals surface area contributed by atoms with Crippen LogP contribution in [-0.4, -0.2) is 23.4 Å². The summed E-state index contributed by atoms with van der Waals surface area (Å²) in [6.45, 7) is 6.55. The molecule has 0 aromatic heterocycles. The minimum absolute atomic E-state index is 0.544. The van der Waals surface area contributed by atoms with E-state index in [1.807, 2.05) is 0 Å². The fraction of sp³-hybridized carbons (Fsp3) is 0.412. The highest BCUT2D eigenvalue weighted by Gasteiger charge is 2.11. The highest BCUT2D eigenvalue weighted by atomic mass is 35.5. The zero-order valence-electron chi connectivity index (χ0n) is 11.8. The van der Waals surface area contributed by atoms with Crippen LogP contribution >= 0.6 is 11.6 Å². The molecule has 0 atom stereocenters. The highest BCUT2D eigenvalue weighted by Crippen LogP contribution is 2.20. The quantitative estimate of drug-likeness (QED) is 0.692. The van der Waals surface area contributed by atoms with Gasteiger partial charge in [-0.15, -0.1) is 11.6 Å². The van der Waals surface area contributed by atoms with Gasteiger partial charge in [0.05, 0.1) is 0 Å². The Bertz CT molecular complexity index is 516. The lowest BCUT2D eigenvalue weighted by Crippen LogP contribution is -2.31. The fourth-order valence-electron chi connectivity index (χ4n) is 2.43. The van der Waals surface area contributed by atoms with Gasteiger partial charge in [0.1, 0.15) is 0 Å². The summed E-state index contributed by atoms with van der Waals surface area (Å²) < 4.78 is 0. The summed E-state index contributed by atoms with van der Waals surface area (Å²) in [5.41, 5.74) is 1.40. The van der Waals surface area contributed by atoms with E-state index in [0.717, 1.165) is 25.4 Å². The van der Waals surface area contributed by atoms with Crippen LogP contribution in [0.2, 0.25) is 0 Å². The molecule has 2 aromatic carbocycles. The maximum Gasteiger partial charge on any atom is 0.0242 e. The molecule has 19 heavy (non-hydrogen) atoms. The van der Waals surface area contributed by atoms with Gasteiger partial charge in [0.25, 0.3) is 0 Å². The molecule has 0 aliphatic heterocycles. The molecule has 102 valence electrons. The van der Waals surface area contributed by atoms with Gasteiger partial charge in [-0.1, -0.05) is 42.5 Å². The van der Waals surface area contributed by atoms with Crippen molar-refractivity contribution in [3.8, 4) is 0 Å². The minimum atomic E-state index is 0.544. The Hall–Kier alpha value is -1.05. The molecular weight excluding hydrogens is 254 g/mol. The van der Waals surface area contributed by atoms with Crippen molar-refractivity contribution in [1.29, 1.82) is 0 Å². The van der Waals surface area contributed by atoms with Gasteiger partial charge in [-0.05, 0) is 43.1 Å². The molecule has 0 radical (unpaired) electrons. The summed E-state index contributed by atoms with van der Waals surface area (Å²) in [5.74, 6) is 0.735. The van der Waals surface area contributed by atoms with E-state index < -0.39 is 0 Å². The van der Waals surface area contributed by atoms with E-state index in [1.165, 1.54) is 16.3 Å². The van der Waals surface area contributed by atoms with E-state index >= 15 is 0 Å². The summed E-state index contributed by atoms with van der Waals surface area (Å²) >= 11 is 5.82. The van der Waals surface area contributed by atoms with Gasteiger partial charge in [0, 0.05) is 18.5 Å². The van der Waals surface area contributed by atoms with Crippen molar-refractivity contribution in [1.82, 2.24) is 4.90 Å². The number of halogens is 1. The Kier molecular flexibility index (Phi) is 5.24. The molecule has 0 aliphatic carbocycles. The summed E-state index contributed by atoms with van der Waals surface area (Å²) in [7, 11) is 0. The van der Waals surface area contributed by atoms with E-state index in [0.29, 0.717) is 6.04 Å². The number of rotatable bonds is 6. The fourth-order valence-corrected chi connectivity index (χ4v) is 2.55. The molecule has 1 nitrogen and oxygen atoms in total. The van der Waals surface area contributed by atoms with Crippen molar-refractivity contribution >= 4 is 22.4 Å². The average molecular weight is 276 g/mol. The Morgan fingerprint density at radius 1 is 1.05 bits per heavy atom. The van der Waals surface area contributed by atoms with Crippen LogP contribution in [0.5, 0.6) is 0 Å². The van der Waals surface area contributed by atoms with Crippen LogP contribution < -0.4 is 0 Å². The number of fused-ring (bicyclic) bond motifs is 1. The van der Waals surface area contributed by atoms with Crippen LogP contribution in [0.25, 0.3) is 10.8 Å². The monoisotopic (exact) mass is 275 g/mol. The molecule has 0 amide bonds. The van der Waals surface area contributed by atoms with Crippen molar-refractivity contribution in [2.45, 2.75) is 32.9 Å². The highest BCUT2D eigenvalue weighted by molar-refractivity contribution is 6.17. The summed E-state index contributed by atoms with van der Waals surface area (Å²) in [5, 5.41) is 2.68. The zero-order valence-corrected chi connectivity index (χ0v) is 12.5. The Morgan fingerprint density at radius 2 is 1.79 bits per heavy atom. The van der Waals surface area contributed by atoms with Gasteiger partial charge in [-0.2, -0.15) is 0 Å². The molecule has 2 rings (SSSR count). The Morgan fingerprint density at radius 3 is 2.53 bits per heavy atom. The molecule has 0 spiro atoms. The zero-order chi connectivity index (χ0) is 13.7. The molecule has 2 aromatic rings. The summed E-state index contributed by atoms with van der Waals surface area (Å²) in [4.78, 5) is 2.49. The first-order valence-electron chi connectivity index (χ1n) is 6.99. The standard InChI is InChI=1S/C17H22ClN/c1-14(2)19(12-6-11-18)13-16-9-5-8-15-7-3-4-10-17(15)16/h3-5,7-10,14H,6,11-13H2,1-2H3. The third-order valence-corrected chi connectivity index (χ3v) is 3.83. The number of nitrogens with zero attached hydrogens (tertiary/aromatic N) is 1. The molecule has 0 saturated carbocycles. The number of hydrogen-bond acceptors (Lipinski definition) is 1. The lowest BCUT2D eigenvalue weighted by atomic mass is 10.0. The maximum absolute atomic E-state index is 5.82. The molecule has 0 saturated heterocycles. The summed E-state index contributed by atoms with van der Waals surface area (Å²) in [6.07, 6.45) is 1.05. The van der Waals surface area contributed by atoms with Gasteiger partial charge in [0.15, 0.2) is 0 Å². The second-order valence-corrected chi connectivity index (χ2v) is 5.62. The molecule has 2 heteroatoms. The molecule has 0 unspecified atom stereocenters. The Balaban J connectivity index is 2.23. The van der Waals surface area contributed by atoms with Crippen molar-refractivity contribution in [3.05, 3.63) is 48.0 Å². The maximum atomic E-state index is 5.82. The molecule has 0 bridgehead atoms. The molecule has 0 aliphatic rings. The van der Waals surface area contributed by atoms with Crippen molar-refractivity contribution in [3.63, 3.8) is 0 Å². The lowest BCUT2D eigenvalue weighted by molar-refractivity contribution is 0.214. The van der Waals surface area contributed by atoms with Crippen molar-refractivity contribution in [2.75, 3.05) is 12.4 Å². The average Bonchev–Trinajstić information content (AvgIpc) is 2.43. The van der Waals surface area contributed by atoms with Crippen LogP contribution in [0.4, 0.5) is 0 Å². The first-order chi connectivity index (χ1) is 9.22. The van der Waals surface area contributed by atoms with Gasteiger partial charge >= 0.3 is 0 Å². The van der Waals surface area contributed by atoms with Crippen LogP contribution in [0.1, 0.15) is 25.8 Å². The smallest absolute Gasteiger partial charge is 0.0242 e. The number of alkyl halides is 1. The molecule has 0 N–H and O–H groups in total. The van der Waals surface area contributed by atoms with Gasteiger partial charge in [0.2, 0.25) is 0 Å². The molecular formula is C17H22ClN. The second-order valence-electron chi connectivity index (χ2n) is 5.25. The van der Waals surface area contributed by atoms with Crippen molar-refractivity contribution < 1.29 is 0 Å². The first-order valence-corrected chi connectivity index (χ1v) is 7.52. The Labute approximate surface area is 121 Å². The van der Waals surface area contributed by atoms with Crippen LogP contribution in [-0.2, 0) is 6.54 Å².